The lowest BCUT2D eigenvalue weighted by Crippen LogP contribution is -2.05. The second-order valence-electron chi connectivity index (χ2n) is 4.19. The lowest BCUT2D eigenvalue weighted by Gasteiger charge is -2.04. The van der Waals surface area contributed by atoms with Gasteiger partial charge in [-0.05, 0) is 18.2 Å². The predicted octanol–water partition coefficient (Wildman–Crippen LogP) is 3.41. The van der Waals surface area contributed by atoms with Crippen molar-refractivity contribution in [3.63, 3.8) is 0 Å². The van der Waals surface area contributed by atoms with Crippen LogP contribution < -0.4 is 5.63 Å². The molecular weight excluding hydrogens is 290 g/mol. The molecule has 0 aliphatic rings. The molecule has 0 amide bonds. The quantitative estimate of drug-likeness (QED) is 0.646. The summed E-state index contributed by atoms with van der Waals surface area (Å²) in [5, 5.41) is -0.297. The van der Waals surface area contributed by atoms with E-state index in [0.717, 1.165) is 12.1 Å². The van der Waals surface area contributed by atoms with Gasteiger partial charge >= 0.3 is 5.63 Å². The summed E-state index contributed by atoms with van der Waals surface area (Å²) in [6.07, 6.45) is 0. The van der Waals surface area contributed by atoms with Gasteiger partial charge in [-0.1, -0.05) is 6.07 Å². The smallest absolute Gasteiger partial charge is 0.347 e. The standard InChI is InChI=1S/C14H5F4NO2/c15-8-3-1-2-6(12(8)18)13-19-11-5-10(17)9(16)4-7(11)14(20)21-13/h1-5H. The number of fused-ring (bicyclic) bond motifs is 1. The van der Waals surface area contributed by atoms with Crippen LogP contribution in [0.25, 0.3) is 22.4 Å². The first kappa shape index (κ1) is 13.3. The van der Waals surface area contributed by atoms with Crippen LogP contribution in [0.2, 0.25) is 0 Å². The molecule has 1 heterocycles. The first-order chi connectivity index (χ1) is 9.97. The maximum absolute atomic E-state index is 13.7. The zero-order valence-electron chi connectivity index (χ0n) is 10.2. The highest BCUT2D eigenvalue weighted by Gasteiger charge is 2.16. The van der Waals surface area contributed by atoms with Crippen molar-refractivity contribution >= 4 is 10.9 Å². The van der Waals surface area contributed by atoms with Gasteiger partial charge in [0.1, 0.15) is 0 Å². The Labute approximate surface area is 114 Å². The van der Waals surface area contributed by atoms with Gasteiger partial charge < -0.3 is 4.42 Å². The van der Waals surface area contributed by atoms with E-state index in [2.05, 4.69) is 4.98 Å². The van der Waals surface area contributed by atoms with Crippen LogP contribution in [0.3, 0.4) is 0 Å². The molecule has 0 saturated carbocycles. The molecule has 0 radical (unpaired) electrons. The summed E-state index contributed by atoms with van der Waals surface area (Å²) < 4.78 is 57.8. The van der Waals surface area contributed by atoms with Crippen LogP contribution in [0.15, 0.2) is 39.5 Å². The minimum atomic E-state index is -1.25. The summed E-state index contributed by atoms with van der Waals surface area (Å²) in [6, 6.07) is 4.55. The molecule has 0 aliphatic heterocycles. The van der Waals surface area contributed by atoms with Gasteiger partial charge in [-0.3, -0.25) is 0 Å². The van der Waals surface area contributed by atoms with Gasteiger partial charge in [0.25, 0.3) is 0 Å². The molecule has 2 aromatic carbocycles. The zero-order valence-corrected chi connectivity index (χ0v) is 10.2. The summed E-state index contributed by atoms with van der Waals surface area (Å²) in [4.78, 5) is 15.5. The van der Waals surface area contributed by atoms with E-state index in [4.69, 9.17) is 4.42 Å². The maximum atomic E-state index is 13.7. The summed E-state index contributed by atoms with van der Waals surface area (Å²) in [5.74, 6) is -5.37. The molecule has 106 valence electrons. The Balaban J connectivity index is 2.33. The lowest BCUT2D eigenvalue weighted by molar-refractivity contribution is 0.486. The average Bonchev–Trinajstić information content (AvgIpc) is 2.44. The van der Waals surface area contributed by atoms with Crippen molar-refractivity contribution in [2.75, 3.05) is 0 Å². The minimum absolute atomic E-state index is 0.219. The van der Waals surface area contributed by atoms with E-state index in [-0.39, 0.29) is 10.9 Å². The van der Waals surface area contributed by atoms with E-state index in [0.29, 0.717) is 12.1 Å². The number of benzene rings is 2. The number of nitrogens with zero attached hydrogens (tertiary/aromatic N) is 1. The number of rotatable bonds is 1. The Morgan fingerprint density at radius 3 is 2.43 bits per heavy atom. The van der Waals surface area contributed by atoms with Crippen molar-refractivity contribution in [1.82, 2.24) is 4.98 Å². The Morgan fingerprint density at radius 1 is 0.952 bits per heavy atom. The van der Waals surface area contributed by atoms with Crippen LogP contribution in [0.4, 0.5) is 17.6 Å². The topological polar surface area (TPSA) is 43.1 Å². The molecule has 3 aromatic rings. The summed E-state index contributed by atoms with van der Waals surface area (Å²) in [6.45, 7) is 0. The number of aromatic nitrogens is 1. The molecule has 0 fully saturated rings. The van der Waals surface area contributed by atoms with Gasteiger partial charge in [0.05, 0.1) is 16.5 Å². The van der Waals surface area contributed by atoms with Gasteiger partial charge in [0.2, 0.25) is 5.89 Å². The van der Waals surface area contributed by atoms with Crippen LogP contribution in [0.5, 0.6) is 0 Å². The first-order valence-corrected chi connectivity index (χ1v) is 5.71. The van der Waals surface area contributed by atoms with Crippen molar-refractivity contribution in [2.24, 2.45) is 0 Å². The number of halogens is 4. The van der Waals surface area contributed by atoms with Gasteiger partial charge in [0.15, 0.2) is 23.3 Å². The summed E-state index contributed by atoms with van der Waals surface area (Å²) in [5.41, 5.74) is -1.64. The molecule has 0 saturated heterocycles. The monoisotopic (exact) mass is 295 g/mol. The van der Waals surface area contributed by atoms with E-state index < -0.39 is 40.3 Å². The highest BCUT2D eigenvalue weighted by molar-refractivity contribution is 5.78. The Kier molecular flexibility index (Phi) is 2.97. The van der Waals surface area contributed by atoms with E-state index in [1.54, 1.807) is 0 Å². The Morgan fingerprint density at radius 2 is 1.67 bits per heavy atom. The van der Waals surface area contributed by atoms with Crippen LogP contribution in [0, 0.1) is 23.3 Å². The third-order valence-corrected chi connectivity index (χ3v) is 2.85. The minimum Gasteiger partial charge on any atom is -0.403 e. The second kappa shape index (κ2) is 4.69. The van der Waals surface area contributed by atoms with Crippen molar-refractivity contribution < 1.29 is 22.0 Å². The van der Waals surface area contributed by atoms with Gasteiger partial charge in [0, 0.05) is 6.07 Å². The number of hydrogen-bond acceptors (Lipinski definition) is 3. The summed E-state index contributed by atoms with van der Waals surface area (Å²) in [7, 11) is 0. The third-order valence-electron chi connectivity index (χ3n) is 2.85. The Hall–Kier alpha value is -2.70. The normalized spacial score (nSPS) is 11.0. The van der Waals surface area contributed by atoms with Crippen molar-refractivity contribution in [2.45, 2.75) is 0 Å². The SMILES string of the molecule is O=c1oc(-c2cccc(F)c2F)nc2cc(F)c(F)cc12. The fraction of sp³-hybridized carbons (Fsp3) is 0. The molecule has 0 bridgehead atoms. The van der Waals surface area contributed by atoms with Crippen LogP contribution in [-0.4, -0.2) is 4.98 Å². The van der Waals surface area contributed by atoms with E-state index in [9.17, 15) is 22.4 Å². The van der Waals surface area contributed by atoms with Crippen molar-refractivity contribution in [1.29, 1.82) is 0 Å². The summed E-state index contributed by atoms with van der Waals surface area (Å²) >= 11 is 0. The number of hydrogen-bond donors (Lipinski definition) is 0. The molecule has 3 nitrogen and oxygen atoms in total. The average molecular weight is 295 g/mol. The van der Waals surface area contributed by atoms with Gasteiger partial charge in [-0.15, -0.1) is 0 Å². The van der Waals surface area contributed by atoms with Crippen molar-refractivity contribution in [3.8, 4) is 11.5 Å². The fourth-order valence-electron chi connectivity index (χ4n) is 1.85. The molecule has 1 aromatic heterocycles. The highest BCUT2D eigenvalue weighted by atomic mass is 19.2. The molecule has 0 unspecified atom stereocenters. The second-order valence-corrected chi connectivity index (χ2v) is 4.19. The molecule has 0 N–H and O–H groups in total. The first-order valence-electron chi connectivity index (χ1n) is 5.71. The molecule has 7 heteroatoms. The lowest BCUT2D eigenvalue weighted by atomic mass is 10.2. The van der Waals surface area contributed by atoms with E-state index in [1.165, 1.54) is 6.07 Å². The molecule has 3 rings (SSSR count). The molecule has 0 spiro atoms. The predicted molar refractivity (Wildman–Crippen MR) is 65.5 cm³/mol. The van der Waals surface area contributed by atoms with E-state index >= 15 is 0 Å². The maximum Gasteiger partial charge on any atom is 0.347 e. The molecule has 0 atom stereocenters. The van der Waals surface area contributed by atoms with Crippen LogP contribution in [0.1, 0.15) is 0 Å². The zero-order chi connectivity index (χ0) is 15.1. The van der Waals surface area contributed by atoms with Crippen molar-refractivity contribution in [3.05, 3.63) is 64.0 Å². The highest BCUT2D eigenvalue weighted by Crippen LogP contribution is 2.24. The van der Waals surface area contributed by atoms with E-state index in [1.807, 2.05) is 0 Å². The molecule has 0 aliphatic carbocycles. The largest absolute Gasteiger partial charge is 0.403 e. The van der Waals surface area contributed by atoms with Gasteiger partial charge in [-0.25, -0.2) is 27.3 Å². The van der Waals surface area contributed by atoms with Crippen LogP contribution >= 0.6 is 0 Å². The van der Waals surface area contributed by atoms with Gasteiger partial charge in [-0.2, -0.15) is 0 Å². The fourth-order valence-corrected chi connectivity index (χ4v) is 1.85. The molecular formula is C14H5F4NO2. The van der Waals surface area contributed by atoms with Crippen LogP contribution in [-0.2, 0) is 0 Å². The Bertz CT molecular complexity index is 921. The third kappa shape index (κ3) is 2.16. The molecule has 21 heavy (non-hydrogen) atoms.